The summed E-state index contributed by atoms with van der Waals surface area (Å²) < 4.78 is 1.86. The summed E-state index contributed by atoms with van der Waals surface area (Å²) in [6, 6.07) is 26.4. The van der Waals surface area contributed by atoms with E-state index in [0.717, 1.165) is 22.4 Å². The summed E-state index contributed by atoms with van der Waals surface area (Å²) in [6.07, 6.45) is 3.78. The smallest absolute Gasteiger partial charge is 0.321 e. The van der Waals surface area contributed by atoms with Crippen LogP contribution in [0.3, 0.4) is 0 Å². The number of nitrogens with zero attached hydrogens (tertiary/aromatic N) is 1. The van der Waals surface area contributed by atoms with Gasteiger partial charge in [0.15, 0.2) is 12.4 Å². The van der Waals surface area contributed by atoms with E-state index in [-0.39, 0.29) is 18.0 Å². The number of H-pyrrole nitrogens is 1. The zero-order chi connectivity index (χ0) is 17.9. The third kappa shape index (κ3) is 3.83. The van der Waals surface area contributed by atoms with Crippen molar-refractivity contribution in [2.75, 3.05) is 0 Å². The number of aryl methyl sites for hydroxylation is 1. The largest absolute Gasteiger partial charge is 1.00 e. The van der Waals surface area contributed by atoms with E-state index < -0.39 is 0 Å². The SMILES string of the molecule is Cc1cc(-c2ccc(-c3ccccc3)cc2)c(-[n+]2ccccc2)c(=O)[nH]1.[Cl-]. The molecule has 2 aromatic carbocycles. The molecule has 0 fully saturated rings. The fourth-order valence-electron chi connectivity index (χ4n) is 3.18. The maximum absolute atomic E-state index is 12.6. The molecule has 0 unspecified atom stereocenters. The zero-order valence-corrected chi connectivity index (χ0v) is 15.6. The van der Waals surface area contributed by atoms with Gasteiger partial charge in [0, 0.05) is 17.8 Å². The molecule has 0 spiro atoms. The normalized spacial score (nSPS) is 10.3. The Labute approximate surface area is 164 Å². The maximum atomic E-state index is 12.6. The van der Waals surface area contributed by atoms with Crippen LogP contribution in [-0.4, -0.2) is 4.98 Å². The Bertz CT molecular complexity index is 1090. The number of aromatic nitrogens is 2. The van der Waals surface area contributed by atoms with Crippen LogP contribution in [0.2, 0.25) is 0 Å². The second-order valence-electron chi connectivity index (χ2n) is 6.27. The molecule has 0 saturated carbocycles. The van der Waals surface area contributed by atoms with Crippen LogP contribution in [0.5, 0.6) is 0 Å². The van der Waals surface area contributed by atoms with Crippen molar-refractivity contribution in [3.63, 3.8) is 0 Å². The molecule has 1 N–H and O–H groups in total. The number of hydrogen-bond donors (Lipinski definition) is 1. The average Bonchev–Trinajstić information content (AvgIpc) is 2.69. The molecule has 3 nitrogen and oxygen atoms in total. The van der Waals surface area contributed by atoms with E-state index in [4.69, 9.17) is 0 Å². The molecule has 134 valence electrons. The minimum atomic E-state index is -0.0941. The second kappa shape index (κ2) is 8.02. The molecular formula is C23H19ClN2O. The monoisotopic (exact) mass is 374 g/mol. The van der Waals surface area contributed by atoms with Crippen molar-refractivity contribution in [3.8, 4) is 27.9 Å². The van der Waals surface area contributed by atoms with Gasteiger partial charge in [-0.3, -0.25) is 4.79 Å². The van der Waals surface area contributed by atoms with Gasteiger partial charge in [0.25, 0.3) is 5.69 Å². The molecule has 27 heavy (non-hydrogen) atoms. The van der Waals surface area contributed by atoms with Gasteiger partial charge < -0.3 is 17.4 Å². The molecular weight excluding hydrogens is 356 g/mol. The molecule has 0 saturated heterocycles. The van der Waals surface area contributed by atoms with Crippen LogP contribution in [-0.2, 0) is 0 Å². The summed E-state index contributed by atoms with van der Waals surface area (Å²) in [6.45, 7) is 1.91. The molecule has 0 aliphatic rings. The molecule has 4 heteroatoms. The van der Waals surface area contributed by atoms with E-state index in [1.165, 1.54) is 5.56 Å². The second-order valence-corrected chi connectivity index (χ2v) is 6.27. The van der Waals surface area contributed by atoms with E-state index in [1.54, 1.807) is 0 Å². The van der Waals surface area contributed by atoms with Crippen LogP contribution in [0.15, 0.2) is 96.1 Å². The fourth-order valence-corrected chi connectivity index (χ4v) is 3.18. The Morgan fingerprint density at radius 1 is 0.741 bits per heavy atom. The molecule has 0 bridgehead atoms. The van der Waals surface area contributed by atoms with Gasteiger partial charge in [-0.05, 0) is 29.7 Å². The first-order valence-electron chi connectivity index (χ1n) is 8.59. The standard InChI is InChI=1S/C23H18N2O.ClH/c1-17-16-21(22(23(26)24-17)25-14-6-3-7-15-25)20-12-10-19(11-13-20)18-8-4-2-5-9-18;/h2-16H,1H3;1H. The van der Waals surface area contributed by atoms with Crippen molar-refractivity contribution < 1.29 is 17.0 Å². The Kier molecular flexibility index (Phi) is 5.53. The summed E-state index contributed by atoms with van der Waals surface area (Å²) in [7, 11) is 0. The molecule has 0 aliphatic carbocycles. The third-order valence-corrected chi connectivity index (χ3v) is 4.42. The van der Waals surface area contributed by atoms with Crippen molar-refractivity contribution in [1.29, 1.82) is 0 Å². The average molecular weight is 375 g/mol. The number of halogens is 1. The first-order chi connectivity index (χ1) is 12.7. The Balaban J connectivity index is 0.00000210. The molecule has 0 atom stereocenters. The first-order valence-corrected chi connectivity index (χ1v) is 8.59. The summed E-state index contributed by atoms with van der Waals surface area (Å²) in [5.41, 5.74) is 5.65. The van der Waals surface area contributed by atoms with E-state index in [9.17, 15) is 4.79 Å². The Morgan fingerprint density at radius 3 is 1.96 bits per heavy atom. The van der Waals surface area contributed by atoms with Crippen molar-refractivity contribution in [1.82, 2.24) is 4.98 Å². The summed E-state index contributed by atoms with van der Waals surface area (Å²) in [4.78, 5) is 15.6. The van der Waals surface area contributed by atoms with Gasteiger partial charge in [-0.15, -0.1) is 0 Å². The number of rotatable bonds is 3. The number of aromatic amines is 1. The Hall–Kier alpha value is -3.17. The molecule has 4 rings (SSSR count). The lowest BCUT2D eigenvalue weighted by atomic mass is 9.99. The first kappa shape index (κ1) is 18.6. The molecule has 0 aliphatic heterocycles. The molecule has 2 aromatic heterocycles. The molecule has 4 aromatic rings. The lowest BCUT2D eigenvalue weighted by molar-refractivity contribution is -0.596. The highest BCUT2D eigenvalue weighted by atomic mass is 35.5. The zero-order valence-electron chi connectivity index (χ0n) is 14.9. The van der Waals surface area contributed by atoms with Gasteiger partial charge in [-0.1, -0.05) is 60.7 Å². The molecule has 0 radical (unpaired) electrons. The predicted octanol–water partition coefficient (Wildman–Crippen LogP) is 1.30. The van der Waals surface area contributed by atoms with Gasteiger partial charge in [-0.25, -0.2) is 0 Å². The summed E-state index contributed by atoms with van der Waals surface area (Å²) >= 11 is 0. The number of benzene rings is 2. The lowest BCUT2D eigenvalue weighted by Gasteiger charge is -2.08. The van der Waals surface area contributed by atoms with E-state index in [1.807, 2.05) is 66.3 Å². The Morgan fingerprint density at radius 2 is 1.30 bits per heavy atom. The van der Waals surface area contributed by atoms with Crippen LogP contribution in [0.4, 0.5) is 0 Å². The van der Waals surface area contributed by atoms with Crippen molar-refractivity contribution in [2.45, 2.75) is 6.92 Å². The lowest BCUT2D eigenvalue weighted by Crippen LogP contribution is -3.00. The van der Waals surface area contributed by atoms with Crippen LogP contribution in [0.1, 0.15) is 5.69 Å². The van der Waals surface area contributed by atoms with Crippen molar-refractivity contribution in [3.05, 3.63) is 107 Å². The number of nitrogens with one attached hydrogen (secondary N) is 1. The highest BCUT2D eigenvalue weighted by Gasteiger charge is 2.19. The number of hydrogen-bond acceptors (Lipinski definition) is 1. The van der Waals surface area contributed by atoms with E-state index in [2.05, 4.69) is 41.4 Å². The third-order valence-electron chi connectivity index (χ3n) is 4.42. The fraction of sp³-hybridized carbons (Fsp3) is 0.0435. The summed E-state index contributed by atoms with van der Waals surface area (Å²) in [5, 5.41) is 0. The van der Waals surface area contributed by atoms with Gasteiger partial charge in [-0.2, -0.15) is 4.57 Å². The van der Waals surface area contributed by atoms with Crippen LogP contribution < -0.4 is 22.5 Å². The quantitative estimate of drug-likeness (QED) is 0.539. The minimum absolute atomic E-state index is 0. The van der Waals surface area contributed by atoms with Crippen molar-refractivity contribution in [2.24, 2.45) is 0 Å². The topological polar surface area (TPSA) is 36.7 Å². The maximum Gasteiger partial charge on any atom is 0.321 e. The highest BCUT2D eigenvalue weighted by Crippen LogP contribution is 2.26. The molecule has 2 heterocycles. The van der Waals surface area contributed by atoms with Gasteiger partial charge in [0.2, 0.25) is 0 Å². The minimum Gasteiger partial charge on any atom is -1.00 e. The predicted molar refractivity (Wildman–Crippen MR) is 104 cm³/mol. The number of pyridine rings is 2. The van der Waals surface area contributed by atoms with E-state index in [0.29, 0.717) is 5.69 Å². The van der Waals surface area contributed by atoms with Gasteiger partial charge in [0.1, 0.15) is 0 Å². The van der Waals surface area contributed by atoms with Gasteiger partial charge >= 0.3 is 5.56 Å². The van der Waals surface area contributed by atoms with Crippen LogP contribution >= 0.6 is 0 Å². The van der Waals surface area contributed by atoms with Gasteiger partial charge in [0.05, 0.1) is 5.56 Å². The highest BCUT2D eigenvalue weighted by molar-refractivity contribution is 5.74. The summed E-state index contributed by atoms with van der Waals surface area (Å²) in [5.74, 6) is 0. The van der Waals surface area contributed by atoms with E-state index >= 15 is 0 Å². The van der Waals surface area contributed by atoms with Crippen LogP contribution in [0.25, 0.3) is 27.9 Å². The molecule has 0 amide bonds. The van der Waals surface area contributed by atoms with Crippen molar-refractivity contribution >= 4 is 0 Å². The van der Waals surface area contributed by atoms with Crippen LogP contribution in [0, 0.1) is 6.92 Å².